The van der Waals surface area contributed by atoms with Gasteiger partial charge in [0, 0.05) is 12.1 Å². The van der Waals surface area contributed by atoms with Gasteiger partial charge in [0.1, 0.15) is 0 Å². The topological polar surface area (TPSA) is 3.24 Å². The van der Waals surface area contributed by atoms with Crippen LogP contribution in [-0.2, 0) is 0 Å². The molecule has 2 fully saturated rings. The maximum absolute atomic E-state index is 2.76. The summed E-state index contributed by atoms with van der Waals surface area (Å²) in [7, 11) is 0. The number of rotatable bonds is 2. The number of nitrogens with zero attached hydrogens (tertiary/aromatic N) is 1. The highest BCUT2D eigenvalue weighted by molar-refractivity contribution is 4.93. The van der Waals surface area contributed by atoms with Crippen molar-refractivity contribution in [3.63, 3.8) is 0 Å². The molecule has 0 spiro atoms. The number of hydrogen-bond donors (Lipinski definition) is 0. The van der Waals surface area contributed by atoms with E-state index in [4.69, 9.17) is 0 Å². The fourth-order valence-corrected chi connectivity index (χ4v) is 3.05. The van der Waals surface area contributed by atoms with E-state index in [-0.39, 0.29) is 0 Å². The van der Waals surface area contributed by atoms with Crippen molar-refractivity contribution in [2.45, 2.75) is 58.0 Å². The average molecular weight is 167 g/mol. The van der Waals surface area contributed by atoms with Crippen molar-refractivity contribution in [3.8, 4) is 0 Å². The zero-order valence-electron chi connectivity index (χ0n) is 8.42. The van der Waals surface area contributed by atoms with Crippen LogP contribution in [0.25, 0.3) is 0 Å². The van der Waals surface area contributed by atoms with Gasteiger partial charge in [0.15, 0.2) is 0 Å². The molecule has 0 aromatic heterocycles. The summed E-state index contributed by atoms with van der Waals surface area (Å²) in [6.45, 7) is 6.08. The summed E-state index contributed by atoms with van der Waals surface area (Å²) in [4.78, 5) is 2.76. The third-order valence-electron chi connectivity index (χ3n) is 3.96. The molecule has 3 unspecified atom stereocenters. The Bertz CT molecular complexity index is 155. The van der Waals surface area contributed by atoms with Crippen molar-refractivity contribution in [3.05, 3.63) is 0 Å². The average Bonchev–Trinajstić information content (AvgIpc) is 2.62. The van der Waals surface area contributed by atoms with Crippen LogP contribution in [0.2, 0.25) is 0 Å². The summed E-state index contributed by atoms with van der Waals surface area (Å²) in [5, 5.41) is 0. The Hall–Kier alpha value is -0.0400. The minimum atomic E-state index is 0.832. The van der Waals surface area contributed by atoms with Gasteiger partial charge >= 0.3 is 0 Å². The van der Waals surface area contributed by atoms with Crippen LogP contribution < -0.4 is 0 Å². The molecular weight excluding hydrogens is 146 g/mol. The van der Waals surface area contributed by atoms with E-state index in [1.807, 2.05) is 0 Å². The Kier molecular flexibility index (Phi) is 2.40. The van der Waals surface area contributed by atoms with Gasteiger partial charge in [0.05, 0.1) is 0 Å². The largest absolute Gasteiger partial charge is 0.297 e. The first-order valence-electron chi connectivity index (χ1n) is 5.58. The van der Waals surface area contributed by atoms with E-state index in [1.54, 1.807) is 0 Å². The van der Waals surface area contributed by atoms with Crippen molar-refractivity contribution in [2.24, 2.45) is 5.92 Å². The molecule has 0 radical (unpaired) electrons. The molecule has 0 aromatic rings. The first kappa shape index (κ1) is 8.55. The molecule has 12 heavy (non-hydrogen) atoms. The smallest absolute Gasteiger partial charge is 0.0127 e. The third-order valence-corrected chi connectivity index (χ3v) is 3.96. The third kappa shape index (κ3) is 1.28. The first-order valence-corrected chi connectivity index (χ1v) is 5.58. The van der Waals surface area contributed by atoms with Crippen LogP contribution in [0, 0.1) is 5.92 Å². The zero-order valence-corrected chi connectivity index (χ0v) is 8.42. The molecule has 0 bridgehead atoms. The van der Waals surface area contributed by atoms with E-state index in [0.29, 0.717) is 0 Å². The summed E-state index contributed by atoms with van der Waals surface area (Å²) in [6.07, 6.45) is 7.28. The van der Waals surface area contributed by atoms with Gasteiger partial charge in [0.25, 0.3) is 0 Å². The van der Waals surface area contributed by atoms with E-state index in [1.165, 1.54) is 38.6 Å². The molecule has 1 nitrogen and oxygen atoms in total. The highest BCUT2D eigenvalue weighted by Gasteiger charge is 2.38. The lowest BCUT2D eigenvalue weighted by atomic mass is 10.0. The molecule has 0 amide bonds. The highest BCUT2D eigenvalue weighted by atomic mass is 15.2. The maximum Gasteiger partial charge on any atom is 0.0127 e. The molecule has 0 N–H and O–H groups in total. The predicted molar refractivity (Wildman–Crippen MR) is 52.2 cm³/mol. The monoisotopic (exact) mass is 167 g/mol. The summed E-state index contributed by atoms with van der Waals surface area (Å²) < 4.78 is 0. The summed E-state index contributed by atoms with van der Waals surface area (Å²) in [6, 6.07) is 1.80. The van der Waals surface area contributed by atoms with E-state index in [0.717, 1.165) is 18.0 Å². The summed E-state index contributed by atoms with van der Waals surface area (Å²) in [5.74, 6) is 1.07. The van der Waals surface area contributed by atoms with Gasteiger partial charge < -0.3 is 0 Å². The fraction of sp³-hybridized carbons (Fsp3) is 1.00. The SMILES string of the molecule is CCC(C)N1CCC2CCCC21. The molecule has 70 valence electrons. The van der Waals surface area contributed by atoms with Gasteiger partial charge in [-0.05, 0) is 45.1 Å². The fourth-order valence-electron chi connectivity index (χ4n) is 3.05. The van der Waals surface area contributed by atoms with E-state index >= 15 is 0 Å². The van der Waals surface area contributed by atoms with Crippen LogP contribution in [0.15, 0.2) is 0 Å². The second-order valence-corrected chi connectivity index (χ2v) is 4.54. The Balaban J connectivity index is 1.99. The number of likely N-dealkylation sites (tertiary alicyclic amines) is 1. The summed E-state index contributed by atoms with van der Waals surface area (Å²) >= 11 is 0. The molecule has 0 aromatic carbocycles. The Morgan fingerprint density at radius 1 is 1.33 bits per heavy atom. The van der Waals surface area contributed by atoms with Crippen molar-refractivity contribution in [2.75, 3.05) is 6.54 Å². The van der Waals surface area contributed by atoms with Crippen molar-refractivity contribution in [1.29, 1.82) is 0 Å². The van der Waals surface area contributed by atoms with Crippen LogP contribution in [0.3, 0.4) is 0 Å². The van der Waals surface area contributed by atoms with Gasteiger partial charge in [-0.2, -0.15) is 0 Å². The minimum Gasteiger partial charge on any atom is -0.297 e. The van der Waals surface area contributed by atoms with E-state index in [9.17, 15) is 0 Å². The lowest BCUT2D eigenvalue weighted by Crippen LogP contribution is -2.37. The van der Waals surface area contributed by atoms with Crippen LogP contribution in [0.5, 0.6) is 0 Å². The molecule has 3 atom stereocenters. The quantitative estimate of drug-likeness (QED) is 0.611. The summed E-state index contributed by atoms with van der Waals surface area (Å²) in [5.41, 5.74) is 0. The number of hydrogen-bond acceptors (Lipinski definition) is 1. The Morgan fingerprint density at radius 3 is 2.92 bits per heavy atom. The lowest BCUT2D eigenvalue weighted by Gasteiger charge is -2.29. The molecule has 1 saturated heterocycles. The standard InChI is InChI=1S/C11H21N/c1-3-9(2)12-8-7-10-5-4-6-11(10)12/h9-11H,3-8H2,1-2H3. The van der Waals surface area contributed by atoms with Gasteiger partial charge in [0.2, 0.25) is 0 Å². The van der Waals surface area contributed by atoms with Crippen LogP contribution in [0.4, 0.5) is 0 Å². The molecule has 1 aliphatic carbocycles. The second-order valence-electron chi connectivity index (χ2n) is 4.54. The minimum absolute atomic E-state index is 0.832. The first-order chi connectivity index (χ1) is 5.83. The van der Waals surface area contributed by atoms with E-state index in [2.05, 4.69) is 18.7 Å². The van der Waals surface area contributed by atoms with Crippen molar-refractivity contribution in [1.82, 2.24) is 4.90 Å². The molecule has 2 aliphatic rings. The number of fused-ring (bicyclic) bond motifs is 1. The Labute approximate surface area is 76.1 Å². The molecule has 1 saturated carbocycles. The maximum atomic E-state index is 2.76. The molecule has 2 rings (SSSR count). The molecular formula is C11H21N. The van der Waals surface area contributed by atoms with Crippen LogP contribution >= 0.6 is 0 Å². The van der Waals surface area contributed by atoms with Crippen molar-refractivity contribution >= 4 is 0 Å². The lowest BCUT2D eigenvalue weighted by molar-refractivity contribution is 0.178. The second kappa shape index (κ2) is 3.37. The van der Waals surface area contributed by atoms with Crippen LogP contribution in [0.1, 0.15) is 46.0 Å². The van der Waals surface area contributed by atoms with E-state index < -0.39 is 0 Å². The highest BCUT2D eigenvalue weighted by Crippen LogP contribution is 2.38. The molecule has 1 heteroatoms. The van der Waals surface area contributed by atoms with Gasteiger partial charge in [-0.15, -0.1) is 0 Å². The Morgan fingerprint density at radius 2 is 2.17 bits per heavy atom. The van der Waals surface area contributed by atoms with Crippen LogP contribution in [-0.4, -0.2) is 23.5 Å². The van der Waals surface area contributed by atoms with Crippen molar-refractivity contribution < 1.29 is 0 Å². The molecule has 1 aliphatic heterocycles. The van der Waals surface area contributed by atoms with Gasteiger partial charge in [-0.3, -0.25) is 4.90 Å². The zero-order chi connectivity index (χ0) is 8.55. The normalized spacial score (nSPS) is 38.5. The van der Waals surface area contributed by atoms with Gasteiger partial charge in [-0.1, -0.05) is 13.3 Å². The predicted octanol–water partition coefficient (Wildman–Crippen LogP) is 2.66. The van der Waals surface area contributed by atoms with Gasteiger partial charge in [-0.25, -0.2) is 0 Å². The molecule has 1 heterocycles.